The van der Waals surface area contributed by atoms with Crippen LogP contribution in [0.1, 0.15) is 82.7 Å². The molecule has 2 saturated heterocycles. The Morgan fingerprint density at radius 1 is 1.02 bits per heavy atom. The van der Waals surface area contributed by atoms with Gasteiger partial charge < -0.3 is 15.0 Å². The van der Waals surface area contributed by atoms with E-state index in [0.29, 0.717) is 53.9 Å². The van der Waals surface area contributed by atoms with E-state index in [-0.39, 0.29) is 54.1 Å². The molecule has 15 heteroatoms. The van der Waals surface area contributed by atoms with Gasteiger partial charge in [-0.15, -0.1) is 0 Å². The summed E-state index contributed by atoms with van der Waals surface area (Å²) in [4.78, 5) is 73.2. The van der Waals surface area contributed by atoms with Gasteiger partial charge >= 0.3 is 0 Å². The number of benzene rings is 2. The van der Waals surface area contributed by atoms with Crippen LogP contribution >= 0.6 is 11.6 Å². The number of rotatable bonds is 8. The molecule has 7 rings (SSSR count). The van der Waals surface area contributed by atoms with Crippen molar-refractivity contribution in [2.75, 3.05) is 31.1 Å². The lowest BCUT2D eigenvalue weighted by Crippen LogP contribution is -2.74. The van der Waals surface area contributed by atoms with Crippen LogP contribution < -0.4 is 20.3 Å². The number of carbonyl (C=O) groups is 5. The van der Waals surface area contributed by atoms with Crippen LogP contribution in [0.2, 0.25) is 5.02 Å². The van der Waals surface area contributed by atoms with Crippen LogP contribution in [0.3, 0.4) is 0 Å². The Bertz CT molecular complexity index is 2110. The molecule has 1 aromatic heterocycles. The highest BCUT2D eigenvalue weighted by Crippen LogP contribution is 2.55. The minimum atomic E-state index is -1.12. The maximum atomic E-state index is 15.3. The minimum absolute atomic E-state index is 0.00108. The predicted octanol–water partition coefficient (Wildman–Crippen LogP) is 4.08. The van der Waals surface area contributed by atoms with E-state index in [2.05, 4.69) is 20.5 Å². The number of piperidine rings is 1. The van der Waals surface area contributed by atoms with Crippen molar-refractivity contribution >= 4 is 47.0 Å². The molecule has 0 bridgehead atoms. The number of halogens is 2. The summed E-state index contributed by atoms with van der Waals surface area (Å²) in [6.45, 7) is 10.7. The van der Waals surface area contributed by atoms with E-state index >= 15 is 4.39 Å². The standard InChI is InChI=1S/C39H39ClFN7O6/c1-38(2)36(39(3,4)37(38)54-24-7-5-21(18-42)27(40)16-24)45-32(50)22-6-9-30(43-19-22)47-13-11-46(12-14-47)20-23-15-25-26(17-28(23)41)35(53)48(34(25)52)29-8-10-31(49)44-33(29)51/h5-7,9,15-17,19,29,36-37H,8,10-14,20H2,1-4H3,(H,45,50)(H,44,49,51)/t29?,36-,37-. The highest BCUT2D eigenvalue weighted by atomic mass is 35.5. The fourth-order valence-corrected chi connectivity index (χ4v) is 8.76. The lowest BCUT2D eigenvalue weighted by atomic mass is 9.49. The molecule has 1 unspecified atom stereocenters. The number of amides is 5. The Hall–Kier alpha value is -5.39. The number of imide groups is 2. The number of hydrogen-bond donors (Lipinski definition) is 2. The van der Waals surface area contributed by atoms with Crippen LogP contribution in [0, 0.1) is 28.0 Å². The number of aromatic nitrogens is 1. The van der Waals surface area contributed by atoms with Crippen LogP contribution in [-0.2, 0) is 16.1 Å². The Labute approximate surface area is 316 Å². The first-order chi connectivity index (χ1) is 25.6. The summed E-state index contributed by atoms with van der Waals surface area (Å²) in [6, 6.07) is 11.7. The van der Waals surface area contributed by atoms with Crippen LogP contribution in [0.25, 0.3) is 0 Å². The Balaban J connectivity index is 0.934. The third-order valence-electron chi connectivity index (χ3n) is 11.1. The van der Waals surface area contributed by atoms with Gasteiger partial charge in [0, 0.05) is 73.8 Å². The first kappa shape index (κ1) is 36.9. The van der Waals surface area contributed by atoms with E-state index in [9.17, 15) is 29.2 Å². The van der Waals surface area contributed by atoms with E-state index in [0.717, 1.165) is 11.0 Å². The number of nitrogens with one attached hydrogen (secondary N) is 2. The van der Waals surface area contributed by atoms with Gasteiger partial charge in [0.1, 0.15) is 35.6 Å². The lowest BCUT2D eigenvalue weighted by molar-refractivity contribution is -0.164. The summed E-state index contributed by atoms with van der Waals surface area (Å²) < 4.78 is 21.6. The number of hydrogen-bond acceptors (Lipinski definition) is 10. The highest BCUT2D eigenvalue weighted by Gasteiger charge is 2.64. The summed E-state index contributed by atoms with van der Waals surface area (Å²) in [7, 11) is 0. The molecular weight excluding hydrogens is 717 g/mol. The molecule has 3 aliphatic heterocycles. The fraction of sp³-hybridized carbons (Fsp3) is 0.410. The highest BCUT2D eigenvalue weighted by molar-refractivity contribution is 6.31. The Morgan fingerprint density at radius 2 is 1.70 bits per heavy atom. The molecule has 0 spiro atoms. The van der Waals surface area contributed by atoms with Crippen molar-refractivity contribution in [1.82, 2.24) is 25.4 Å². The number of nitriles is 1. The van der Waals surface area contributed by atoms with Gasteiger partial charge in [-0.1, -0.05) is 39.3 Å². The van der Waals surface area contributed by atoms with Crippen molar-refractivity contribution in [2.24, 2.45) is 10.8 Å². The van der Waals surface area contributed by atoms with Gasteiger partial charge in [0.25, 0.3) is 17.7 Å². The molecule has 1 atom stereocenters. The van der Waals surface area contributed by atoms with E-state index in [4.69, 9.17) is 16.3 Å². The number of anilines is 1. The van der Waals surface area contributed by atoms with E-state index in [1.807, 2.05) is 38.7 Å². The number of carbonyl (C=O) groups excluding carboxylic acids is 5. The van der Waals surface area contributed by atoms with Gasteiger partial charge in [0.2, 0.25) is 11.8 Å². The molecule has 1 aliphatic carbocycles. The molecule has 280 valence electrons. The van der Waals surface area contributed by atoms with Crippen molar-refractivity contribution in [3.05, 3.63) is 87.3 Å². The molecule has 4 heterocycles. The summed E-state index contributed by atoms with van der Waals surface area (Å²) >= 11 is 6.22. The second kappa shape index (κ2) is 13.8. The SMILES string of the molecule is CC1(C)[C@H](NC(=O)c2ccc(N3CCN(Cc4cc5c(cc4F)C(=O)N(C4CCC(=O)NC4=O)C5=O)CC3)nc2)C(C)(C)[C@H]1Oc1ccc(C#N)c(Cl)c1. The van der Waals surface area contributed by atoms with E-state index in [1.165, 1.54) is 6.07 Å². The summed E-state index contributed by atoms with van der Waals surface area (Å²) in [6.07, 6.45) is 1.34. The van der Waals surface area contributed by atoms with Crippen LogP contribution in [-0.4, -0.2) is 88.7 Å². The average Bonchev–Trinajstić information content (AvgIpc) is 3.37. The smallest absolute Gasteiger partial charge is 0.262 e. The summed E-state index contributed by atoms with van der Waals surface area (Å²) in [5.74, 6) is -2.23. The monoisotopic (exact) mass is 755 g/mol. The van der Waals surface area contributed by atoms with Gasteiger partial charge in [-0.3, -0.25) is 39.1 Å². The summed E-state index contributed by atoms with van der Waals surface area (Å²) in [5, 5.41) is 14.8. The van der Waals surface area contributed by atoms with Gasteiger partial charge in [0.05, 0.1) is 27.3 Å². The minimum Gasteiger partial charge on any atom is -0.489 e. The second-order valence-electron chi connectivity index (χ2n) is 15.4. The maximum Gasteiger partial charge on any atom is 0.262 e. The zero-order valence-corrected chi connectivity index (χ0v) is 31.0. The molecule has 4 aliphatic rings. The first-order valence-corrected chi connectivity index (χ1v) is 18.1. The average molecular weight is 756 g/mol. The Morgan fingerprint density at radius 3 is 2.31 bits per heavy atom. The normalized spacial score (nSPS) is 23.3. The van der Waals surface area contributed by atoms with Crippen LogP contribution in [0.5, 0.6) is 5.75 Å². The molecule has 3 fully saturated rings. The molecule has 13 nitrogen and oxygen atoms in total. The van der Waals surface area contributed by atoms with Crippen molar-refractivity contribution in [1.29, 1.82) is 5.26 Å². The number of ether oxygens (including phenoxy) is 1. The van der Waals surface area contributed by atoms with Crippen molar-refractivity contribution in [3.8, 4) is 11.8 Å². The molecule has 2 aromatic carbocycles. The van der Waals surface area contributed by atoms with Gasteiger partial charge in [-0.2, -0.15) is 5.26 Å². The number of piperazine rings is 1. The van der Waals surface area contributed by atoms with Crippen molar-refractivity contribution in [3.63, 3.8) is 0 Å². The topological polar surface area (TPSA) is 165 Å². The number of nitrogens with zero attached hydrogens (tertiary/aromatic N) is 5. The third-order valence-corrected chi connectivity index (χ3v) is 11.4. The Kier molecular flexibility index (Phi) is 9.43. The fourth-order valence-electron chi connectivity index (χ4n) is 8.55. The van der Waals surface area contributed by atoms with Crippen LogP contribution in [0.4, 0.5) is 10.2 Å². The van der Waals surface area contributed by atoms with E-state index in [1.54, 1.807) is 36.5 Å². The molecule has 1 saturated carbocycles. The van der Waals surface area contributed by atoms with Crippen LogP contribution in [0.15, 0.2) is 48.7 Å². The molecule has 2 N–H and O–H groups in total. The number of pyridine rings is 1. The molecule has 3 aromatic rings. The quantitative estimate of drug-likeness (QED) is 0.320. The lowest BCUT2D eigenvalue weighted by Gasteiger charge is -2.63. The molecular formula is C39H39ClFN7O6. The second-order valence-corrected chi connectivity index (χ2v) is 15.8. The van der Waals surface area contributed by atoms with Gasteiger partial charge in [0.15, 0.2) is 0 Å². The molecule has 5 amide bonds. The molecule has 54 heavy (non-hydrogen) atoms. The van der Waals surface area contributed by atoms with Gasteiger partial charge in [-0.25, -0.2) is 9.37 Å². The van der Waals surface area contributed by atoms with Crippen molar-refractivity contribution < 1.29 is 33.1 Å². The van der Waals surface area contributed by atoms with E-state index < -0.39 is 46.3 Å². The zero-order valence-electron chi connectivity index (χ0n) is 30.2. The maximum absolute atomic E-state index is 15.3. The van der Waals surface area contributed by atoms with Gasteiger partial charge in [-0.05, 0) is 42.8 Å². The summed E-state index contributed by atoms with van der Waals surface area (Å²) in [5.41, 5.74) is 0.160. The number of fused-ring (bicyclic) bond motifs is 1. The largest absolute Gasteiger partial charge is 0.489 e. The molecule has 0 radical (unpaired) electrons. The zero-order chi connectivity index (χ0) is 38.7. The first-order valence-electron chi connectivity index (χ1n) is 17.7. The van der Waals surface area contributed by atoms with Crippen molar-refractivity contribution in [2.45, 2.75) is 65.3 Å². The third kappa shape index (κ3) is 6.45. The predicted molar refractivity (Wildman–Crippen MR) is 194 cm³/mol.